The Bertz CT molecular complexity index is 711. The highest BCUT2D eigenvalue weighted by atomic mass is 19.1. The Hall–Kier alpha value is -2.87. The van der Waals surface area contributed by atoms with Crippen LogP contribution in [0.3, 0.4) is 0 Å². The average Bonchev–Trinajstić information content (AvgIpc) is 2.84. The van der Waals surface area contributed by atoms with Gasteiger partial charge in [-0.15, -0.1) is 0 Å². The van der Waals surface area contributed by atoms with Crippen molar-refractivity contribution in [3.8, 4) is 6.07 Å². The maximum atomic E-state index is 13.4. The fraction of sp³-hybridized carbons (Fsp3) is 0.0667. The largest absolute Gasteiger partial charge is 0.462 e. The smallest absolute Gasteiger partial charge is 0.266 e. The van der Waals surface area contributed by atoms with E-state index in [0.29, 0.717) is 11.5 Å². The number of anilines is 1. The summed E-state index contributed by atoms with van der Waals surface area (Å²) < 4.78 is 18.7. The summed E-state index contributed by atoms with van der Waals surface area (Å²) in [6.07, 6.45) is 1.31. The van der Waals surface area contributed by atoms with Crippen molar-refractivity contribution in [3.63, 3.8) is 0 Å². The van der Waals surface area contributed by atoms with Gasteiger partial charge in [0.15, 0.2) is 0 Å². The van der Waals surface area contributed by atoms with Crippen molar-refractivity contribution in [1.29, 1.82) is 5.26 Å². The molecule has 1 amide bonds. The van der Waals surface area contributed by atoms with Gasteiger partial charge in [-0.25, -0.2) is 4.39 Å². The third kappa shape index (κ3) is 3.12. The summed E-state index contributed by atoms with van der Waals surface area (Å²) in [6.45, 7) is 1.75. The number of aryl methyl sites for hydroxylation is 1. The maximum absolute atomic E-state index is 13.4. The van der Waals surface area contributed by atoms with E-state index in [-0.39, 0.29) is 11.3 Å². The van der Waals surface area contributed by atoms with Crippen molar-refractivity contribution in [3.05, 3.63) is 59.3 Å². The Labute approximate surface area is 115 Å². The predicted octanol–water partition coefficient (Wildman–Crippen LogP) is 3.27. The van der Waals surface area contributed by atoms with E-state index in [4.69, 9.17) is 9.68 Å². The molecule has 0 spiro atoms. The van der Waals surface area contributed by atoms with Crippen LogP contribution in [0.5, 0.6) is 0 Å². The molecule has 4 nitrogen and oxygen atoms in total. The second kappa shape index (κ2) is 5.85. The molecule has 0 aliphatic rings. The van der Waals surface area contributed by atoms with Gasteiger partial charge in [-0.05, 0) is 31.2 Å². The van der Waals surface area contributed by atoms with E-state index >= 15 is 0 Å². The number of nitriles is 1. The molecule has 100 valence electrons. The monoisotopic (exact) mass is 270 g/mol. The molecule has 5 heteroatoms. The van der Waals surface area contributed by atoms with Gasteiger partial charge in [-0.2, -0.15) is 5.26 Å². The number of hydrogen-bond acceptors (Lipinski definition) is 3. The molecule has 20 heavy (non-hydrogen) atoms. The van der Waals surface area contributed by atoms with Crippen LogP contribution in [0.25, 0.3) is 6.08 Å². The molecular formula is C15H11FN2O2. The molecule has 0 radical (unpaired) electrons. The number of nitrogens with one attached hydrogen (secondary N) is 1. The Morgan fingerprint density at radius 3 is 2.70 bits per heavy atom. The summed E-state index contributed by atoms with van der Waals surface area (Å²) in [7, 11) is 0. The number of carbonyl (C=O) groups excluding carboxylic acids is 1. The van der Waals surface area contributed by atoms with E-state index in [2.05, 4.69) is 5.32 Å². The van der Waals surface area contributed by atoms with Gasteiger partial charge >= 0.3 is 0 Å². The molecule has 1 N–H and O–H groups in total. The number of amides is 1. The van der Waals surface area contributed by atoms with Crippen molar-refractivity contribution in [2.24, 2.45) is 0 Å². The van der Waals surface area contributed by atoms with Gasteiger partial charge in [0, 0.05) is 6.08 Å². The summed E-state index contributed by atoms with van der Waals surface area (Å²) in [6, 6.07) is 10.9. The second-order valence-corrected chi connectivity index (χ2v) is 4.05. The zero-order valence-electron chi connectivity index (χ0n) is 10.7. The van der Waals surface area contributed by atoms with Crippen molar-refractivity contribution in [1.82, 2.24) is 0 Å². The normalized spacial score (nSPS) is 10.9. The van der Waals surface area contributed by atoms with Crippen LogP contribution < -0.4 is 5.32 Å². The first-order chi connectivity index (χ1) is 9.60. The Balaban J connectivity index is 2.21. The fourth-order valence-corrected chi connectivity index (χ4v) is 1.57. The highest BCUT2D eigenvalue weighted by Gasteiger charge is 2.12. The van der Waals surface area contributed by atoms with E-state index in [1.807, 2.05) is 0 Å². The molecule has 1 heterocycles. The first kappa shape index (κ1) is 13.6. The van der Waals surface area contributed by atoms with E-state index in [0.717, 1.165) is 0 Å². The van der Waals surface area contributed by atoms with Gasteiger partial charge < -0.3 is 9.73 Å². The summed E-state index contributed by atoms with van der Waals surface area (Å²) in [5.41, 5.74) is -0.142. The SMILES string of the molecule is Cc1ccc(/C=C(/C#N)C(=O)Nc2ccccc2F)o1. The van der Waals surface area contributed by atoms with Gasteiger partial charge in [0.05, 0.1) is 5.69 Å². The van der Waals surface area contributed by atoms with Gasteiger partial charge in [0.1, 0.15) is 29.0 Å². The molecule has 0 bridgehead atoms. The van der Waals surface area contributed by atoms with Gasteiger partial charge in [-0.3, -0.25) is 4.79 Å². The van der Waals surface area contributed by atoms with E-state index in [1.165, 1.54) is 24.3 Å². The molecule has 1 aromatic carbocycles. The topological polar surface area (TPSA) is 66.0 Å². The van der Waals surface area contributed by atoms with Crippen LogP contribution in [0.4, 0.5) is 10.1 Å². The van der Waals surface area contributed by atoms with E-state index in [1.54, 1.807) is 31.2 Å². The van der Waals surface area contributed by atoms with Crippen LogP contribution in [0.2, 0.25) is 0 Å². The number of para-hydroxylation sites is 1. The number of rotatable bonds is 3. The Morgan fingerprint density at radius 1 is 1.35 bits per heavy atom. The molecule has 0 atom stereocenters. The zero-order chi connectivity index (χ0) is 14.5. The first-order valence-electron chi connectivity index (χ1n) is 5.84. The number of nitrogens with zero attached hydrogens (tertiary/aromatic N) is 1. The molecule has 2 aromatic rings. The predicted molar refractivity (Wildman–Crippen MR) is 72.1 cm³/mol. The molecule has 0 unspecified atom stereocenters. The molecule has 1 aromatic heterocycles. The number of benzene rings is 1. The Kier molecular flexibility index (Phi) is 3.96. The second-order valence-electron chi connectivity index (χ2n) is 4.05. The number of furan rings is 1. The van der Waals surface area contributed by atoms with Crippen LogP contribution in [-0.4, -0.2) is 5.91 Å². The third-order valence-corrected chi connectivity index (χ3v) is 2.53. The summed E-state index contributed by atoms with van der Waals surface area (Å²) >= 11 is 0. The summed E-state index contributed by atoms with van der Waals surface area (Å²) in [4.78, 5) is 11.9. The van der Waals surface area contributed by atoms with Crippen molar-refractivity contribution in [2.75, 3.05) is 5.32 Å². The molecule has 0 fully saturated rings. The lowest BCUT2D eigenvalue weighted by Crippen LogP contribution is -2.14. The van der Waals surface area contributed by atoms with Crippen molar-refractivity contribution < 1.29 is 13.6 Å². The summed E-state index contributed by atoms with van der Waals surface area (Å²) in [5.74, 6) is -0.190. The number of halogens is 1. The third-order valence-electron chi connectivity index (χ3n) is 2.53. The summed E-state index contributed by atoms with van der Waals surface area (Å²) in [5, 5.41) is 11.3. The maximum Gasteiger partial charge on any atom is 0.266 e. The minimum Gasteiger partial charge on any atom is -0.462 e. The van der Waals surface area contributed by atoms with E-state index < -0.39 is 11.7 Å². The lowest BCUT2D eigenvalue weighted by Gasteiger charge is -2.04. The minimum absolute atomic E-state index is 0.0225. The van der Waals surface area contributed by atoms with Gasteiger partial charge in [0.2, 0.25) is 0 Å². The lowest BCUT2D eigenvalue weighted by molar-refractivity contribution is -0.112. The standard InChI is InChI=1S/C15H11FN2O2/c1-10-6-7-12(20-10)8-11(9-17)15(19)18-14-5-3-2-4-13(14)16/h2-8H,1H3,(H,18,19)/b11-8-. The minimum atomic E-state index is -0.688. The van der Waals surface area contributed by atoms with E-state index in [9.17, 15) is 9.18 Å². The van der Waals surface area contributed by atoms with Crippen LogP contribution in [-0.2, 0) is 4.79 Å². The van der Waals surface area contributed by atoms with Gasteiger partial charge in [0.25, 0.3) is 5.91 Å². The lowest BCUT2D eigenvalue weighted by atomic mass is 10.2. The van der Waals surface area contributed by atoms with Crippen LogP contribution in [0, 0.1) is 24.1 Å². The zero-order valence-corrected chi connectivity index (χ0v) is 10.7. The number of hydrogen-bond donors (Lipinski definition) is 1. The van der Waals surface area contributed by atoms with Crippen molar-refractivity contribution >= 4 is 17.7 Å². The van der Waals surface area contributed by atoms with Crippen LogP contribution in [0.1, 0.15) is 11.5 Å². The highest BCUT2D eigenvalue weighted by molar-refractivity contribution is 6.09. The van der Waals surface area contributed by atoms with Crippen LogP contribution >= 0.6 is 0 Å². The number of carbonyl (C=O) groups is 1. The molecule has 0 saturated carbocycles. The fourth-order valence-electron chi connectivity index (χ4n) is 1.57. The van der Waals surface area contributed by atoms with Crippen LogP contribution in [0.15, 0.2) is 46.4 Å². The quantitative estimate of drug-likeness (QED) is 0.687. The molecule has 2 rings (SSSR count). The molecular weight excluding hydrogens is 259 g/mol. The van der Waals surface area contributed by atoms with Gasteiger partial charge in [-0.1, -0.05) is 12.1 Å². The van der Waals surface area contributed by atoms with Crippen molar-refractivity contribution in [2.45, 2.75) is 6.92 Å². The average molecular weight is 270 g/mol. The molecule has 0 saturated heterocycles. The first-order valence-corrected chi connectivity index (χ1v) is 5.84. The molecule has 0 aliphatic heterocycles. The highest BCUT2D eigenvalue weighted by Crippen LogP contribution is 2.15. The Morgan fingerprint density at radius 2 is 2.10 bits per heavy atom. The molecule has 0 aliphatic carbocycles.